The van der Waals surface area contributed by atoms with Gasteiger partial charge in [0, 0.05) is 36.6 Å². The Morgan fingerprint density at radius 1 is 1.12 bits per heavy atom. The van der Waals surface area contributed by atoms with Crippen molar-refractivity contribution in [3.05, 3.63) is 0 Å². The summed E-state index contributed by atoms with van der Waals surface area (Å²) in [6.07, 6.45) is 9.15. The van der Waals surface area contributed by atoms with E-state index in [4.69, 9.17) is 4.74 Å². The first-order chi connectivity index (χ1) is 11.1. The van der Waals surface area contributed by atoms with Crippen LogP contribution in [0.15, 0.2) is 0 Å². The van der Waals surface area contributed by atoms with Crippen LogP contribution in [0.25, 0.3) is 0 Å². The number of nitrogens with one attached hydrogen (secondary N) is 2. The molecule has 1 saturated carbocycles. The molecular weight excluding hydrogens is 324 g/mol. The third-order valence-corrected chi connectivity index (χ3v) is 6.85. The Balaban J connectivity index is 0.00000208. The van der Waals surface area contributed by atoms with Gasteiger partial charge in [-0.05, 0) is 57.8 Å². The van der Waals surface area contributed by atoms with E-state index in [2.05, 4.69) is 31.4 Å². The maximum Gasteiger partial charge on any atom is 0.220 e. The normalized spacial score (nSPS) is 36.5. The minimum Gasteiger partial charge on any atom is -0.378 e. The average Bonchev–Trinajstić information content (AvgIpc) is 2.86. The minimum absolute atomic E-state index is 0. The second-order valence-electron chi connectivity index (χ2n) is 7.92. The molecular formula is C19H35ClN2O2. The van der Waals surface area contributed by atoms with Gasteiger partial charge in [-0.15, -0.1) is 12.4 Å². The Hall–Kier alpha value is -0.320. The number of halogens is 1. The Morgan fingerprint density at radius 3 is 2.29 bits per heavy atom. The molecule has 24 heavy (non-hydrogen) atoms. The van der Waals surface area contributed by atoms with E-state index in [0.29, 0.717) is 36.6 Å². The molecule has 5 heteroatoms. The van der Waals surface area contributed by atoms with Gasteiger partial charge in [-0.25, -0.2) is 0 Å². The number of fused-ring (bicyclic) bond motifs is 2. The van der Waals surface area contributed by atoms with Gasteiger partial charge < -0.3 is 15.4 Å². The Kier molecular flexibility index (Phi) is 6.98. The van der Waals surface area contributed by atoms with Gasteiger partial charge in [0.25, 0.3) is 0 Å². The fraction of sp³-hybridized carbons (Fsp3) is 0.947. The molecule has 2 heterocycles. The monoisotopic (exact) mass is 358 g/mol. The summed E-state index contributed by atoms with van der Waals surface area (Å²) in [5.74, 6) is 0.844. The molecule has 0 radical (unpaired) electrons. The molecule has 140 valence electrons. The summed E-state index contributed by atoms with van der Waals surface area (Å²) in [7, 11) is 0. The molecule has 2 N–H and O–H groups in total. The summed E-state index contributed by atoms with van der Waals surface area (Å²) in [5, 5.41) is 7.02. The standard InChI is InChI=1S/C19H34N2O2.ClH/c1-4-19(5-2)16(12-17(19)23-6-3)21-18(22)11-13-9-14-7-8-15(10-13)20-14;/h13-17,20H,4-12H2,1-3H3,(H,21,22);1H. The van der Waals surface area contributed by atoms with Crippen molar-refractivity contribution in [1.29, 1.82) is 0 Å². The number of ether oxygens (including phenoxy) is 1. The molecule has 4 nitrogen and oxygen atoms in total. The van der Waals surface area contributed by atoms with Crippen LogP contribution in [-0.4, -0.2) is 36.7 Å². The van der Waals surface area contributed by atoms with Gasteiger partial charge >= 0.3 is 0 Å². The first-order valence-electron chi connectivity index (χ1n) is 9.78. The van der Waals surface area contributed by atoms with Gasteiger partial charge in [-0.2, -0.15) is 0 Å². The van der Waals surface area contributed by atoms with E-state index in [1.54, 1.807) is 0 Å². The lowest BCUT2D eigenvalue weighted by atomic mass is 9.58. The fourth-order valence-electron chi connectivity index (χ4n) is 5.44. The first-order valence-corrected chi connectivity index (χ1v) is 9.78. The molecule has 2 saturated heterocycles. The van der Waals surface area contributed by atoms with Gasteiger partial charge in [0.2, 0.25) is 5.91 Å². The topological polar surface area (TPSA) is 50.4 Å². The van der Waals surface area contributed by atoms with E-state index in [1.165, 1.54) is 25.7 Å². The van der Waals surface area contributed by atoms with Crippen LogP contribution >= 0.6 is 12.4 Å². The maximum absolute atomic E-state index is 12.6. The summed E-state index contributed by atoms with van der Waals surface area (Å²) in [6, 6.07) is 1.64. The Morgan fingerprint density at radius 2 is 1.75 bits per heavy atom. The summed E-state index contributed by atoms with van der Waals surface area (Å²) in [4.78, 5) is 12.6. The number of carbonyl (C=O) groups excluding carboxylic acids is 1. The zero-order valence-electron chi connectivity index (χ0n) is 15.5. The number of rotatable bonds is 7. The predicted molar refractivity (Wildman–Crippen MR) is 99.5 cm³/mol. The van der Waals surface area contributed by atoms with Gasteiger partial charge in [-0.3, -0.25) is 4.79 Å². The van der Waals surface area contributed by atoms with Gasteiger partial charge in [-0.1, -0.05) is 13.8 Å². The quantitative estimate of drug-likeness (QED) is 0.733. The second-order valence-corrected chi connectivity index (χ2v) is 7.92. The highest BCUT2D eigenvalue weighted by atomic mass is 35.5. The highest BCUT2D eigenvalue weighted by molar-refractivity contribution is 5.85. The molecule has 4 unspecified atom stereocenters. The summed E-state index contributed by atoms with van der Waals surface area (Å²) in [6.45, 7) is 7.30. The van der Waals surface area contributed by atoms with Crippen molar-refractivity contribution in [3.8, 4) is 0 Å². The Bertz CT molecular complexity index is 416. The lowest BCUT2D eigenvalue weighted by Gasteiger charge is -2.55. The summed E-state index contributed by atoms with van der Waals surface area (Å²) in [5.41, 5.74) is 0.152. The predicted octanol–water partition coefficient (Wildman–Crippen LogP) is 3.43. The molecule has 4 atom stereocenters. The molecule has 2 bridgehead atoms. The van der Waals surface area contributed by atoms with Crippen LogP contribution in [-0.2, 0) is 9.53 Å². The van der Waals surface area contributed by atoms with E-state index in [9.17, 15) is 4.79 Å². The average molecular weight is 359 g/mol. The molecule has 3 rings (SSSR count). The molecule has 0 spiro atoms. The van der Waals surface area contributed by atoms with Crippen molar-refractivity contribution in [3.63, 3.8) is 0 Å². The third-order valence-electron chi connectivity index (χ3n) is 6.85. The zero-order valence-corrected chi connectivity index (χ0v) is 16.3. The molecule has 0 aromatic carbocycles. The van der Waals surface area contributed by atoms with Crippen LogP contribution < -0.4 is 10.6 Å². The van der Waals surface area contributed by atoms with Crippen LogP contribution in [0.2, 0.25) is 0 Å². The first kappa shape index (κ1) is 20.0. The molecule has 1 amide bonds. The van der Waals surface area contributed by atoms with Crippen molar-refractivity contribution in [2.75, 3.05) is 6.61 Å². The molecule has 1 aliphatic carbocycles. The minimum atomic E-state index is 0. The van der Waals surface area contributed by atoms with E-state index in [1.807, 2.05) is 0 Å². The molecule has 0 aromatic rings. The fourth-order valence-corrected chi connectivity index (χ4v) is 5.44. The third kappa shape index (κ3) is 3.76. The lowest BCUT2D eigenvalue weighted by Crippen LogP contribution is -2.64. The molecule has 3 fully saturated rings. The molecule has 2 aliphatic heterocycles. The van der Waals surface area contributed by atoms with E-state index in [0.717, 1.165) is 25.9 Å². The molecule has 3 aliphatic rings. The van der Waals surface area contributed by atoms with Crippen LogP contribution in [0.1, 0.15) is 72.1 Å². The van der Waals surface area contributed by atoms with Crippen molar-refractivity contribution in [2.45, 2.75) is 96.4 Å². The van der Waals surface area contributed by atoms with Crippen LogP contribution in [0.4, 0.5) is 0 Å². The summed E-state index contributed by atoms with van der Waals surface area (Å²) >= 11 is 0. The van der Waals surface area contributed by atoms with Crippen molar-refractivity contribution < 1.29 is 9.53 Å². The number of hydrogen-bond acceptors (Lipinski definition) is 3. The highest BCUT2D eigenvalue weighted by Gasteiger charge is 2.53. The van der Waals surface area contributed by atoms with E-state index >= 15 is 0 Å². The largest absolute Gasteiger partial charge is 0.378 e. The van der Waals surface area contributed by atoms with E-state index < -0.39 is 0 Å². The van der Waals surface area contributed by atoms with Gasteiger partial charge in [0.15, 0.2) is 0 Å². The number of carbonyl (C=O) groups is 1. The van der Waals surface area contributed by atoms with Crippen LogP contribution in [0.3, 0.4) is 0 Å². The van der Waals surface area contributed by atoms with Crippen LogP contribution in [0, 0.1) is 11.3 Å². The zero-order chi connectivity index (χ0) is 16.4. The number of amides is 1. The van der Waals surface area contributed by atoms with Crippen molar-refractivity contribution >= 4 is 18.3 Å². The summed E-state index contributed by atoms with van der Waals surface area (Å²) < 4.78 is 5.91. The number of piperidine rings is 1. The van der Waals surface area contributed by atoms with Gasteiger partial charge in [0.1, 0.15) is 0 Å². The lowest BCUT2D eigenvalue weighted by molar-refractivity contribution is -0.149. The van der Waals surface area contributed by atoms with Crippen molar-refractivity contribution in [2.24, 2.45) is 11.3 Å². The smallest absolute Gasteiger partial charge is 0.220 e. The highest BCUT2D eigenvalue weighted by Crippen LogP contribution is 2.49. The Labute approximate surface area is 153 Å². The van der Waals surface area contributed by atoms with E-state index in [-0.39, 0.29) is 23.7 Å². The molecule has 0 aromatic heterocycles. The SMILES string of the molecule is CCOC1CC(NC(=O)CC2CC3CCC(C2)N3)C1(CC)CC.Cl. The van der Waals surface area contributed by atoms with Crippen molar-refractivity contribution in [1.82, 2.24) is 10.6 Å². The second kappa shape index (κ2) is 8.37. The number of hydrogen-bond donors (Lipinski definition) is 2. The van der Waals surface area contributed by atoms with Crippen LogP contribution in [0.5, 0.6) is 0 Å². The maximum atomic E-state index is 12.6. The van der Waals surface area contributed by atoms with Gasteiger partial charge in [0.05, 0.1) is 6.10 Å².